The zero-order valence-electron chi connectivity index (χ0n) is 13.5. The van der Waals surface area contributed by atoms with Crippen molar-refractivity contribution >= 4 is 40.6 Å². The number of nitrogens with one attached hydrogen (secondary N) is 1. The molecule has 0 bridgehead atoms. The van der Waals surface area contributed by atoms with Gasteiger partial charge in [-0.1, -0.05) is 47.5 Å². The molecular weight excluding hydrogens is 357 g/mol. The van der Waals surface area contributed by atoms with Gasteiger partial charge in [-0.25, -0.2) is 0 Å². The second kappa shape index (κ2) is 5.72. The second-order valence-electron chi connectivity index (χ2n) is 6.58. The van der Waals surface area contributed by atoms with Crippen molar-refractivity contribution in [1.29, 1.82) is 0 Å². The number of amides is 1. The molecule has 2 aromatic rings. The van der Waals surface area contributed by atoms with Gasteiger partial charge in [0.15, 0.2) is 5.78 Å². The number of hydrogen-bond acceptors (Lipinski definition) is 2. The number of Topliss-reactive ketones (excluding diaryl/α,β-unsaturated/α-hetero) is 1. The molecule has 0 saturated carbocycles. The summed E-state index contributed by atoms with van der Waals surface area (Å²) in [6.07, 6.45) is 2.07. The number of rotatable bonds is 1. The van der Waals surface area contributed by atoms with Crippen LogP contribution >= 0.6 is 23.2 Å². The van der Waals surface area contributed by atoms with E-state index in [4.69, 9.17) is 23.2 Å². The first-order chi connectivity index (χ1) is 11.9. The van der Waals surface area contributed by atoms with Crippen molar-refractivity contribution in [1.82, 2.24) is 0 Å². The smallest absolute Gasteiger partial charge is 0.239 e. The summed E-state index contributed by atoms with van der Waals surface area (Å²) in [5, 5.41) is 4.08. The van der Waals surface area contributed by atoms with Gasteiger partial charge >= 0.3 is 0 Å². The van der Waals surface area contributed by atoms with Crippen LogP contribution in [-0.2, 0) is 15.0 Å². The third-order valence-corrected chi connectivity index (χ3v) is 5.60. The topological polar surface area (TPSA) is 46.2 Å². The van der Waals surface area contributed by atoms with E-state index in [2.05, 4.69) is 5.32 Å². The molecule has 4 rings (SSSR count). The molecule has 0 unspecified atom stereocenters. The minimum Gasteiger partial charge on any atom is -0.325 e. The van der Waals surface area contributed by atoms with Crippen molar-refractivity contribution in [2.45, 2.75) is 24.7 Å². The van der Waals surface area contributed by atoms with Gasteiger partial charge in [0.2, 0.25) is 5.91 Å². The van der Waals surface area contributed by atoms with E-state index in [9.17, 15) is 9.59 Å². The van der Waals surface area contributed by atoms with E-state index < -0.39 is 5.41 Å². The zero-order chi connectivity index (χ0) is 17.8. The number of carbonyl (C=O) groups excluding carboxylic acids is 2. The lowest BCUT2D eigenvalue weighted by Gasteiger charge is -2.37. The summed E-state index contributed by atoms with van der Waals surface area (Å²) in [4.78, 5) is 25.5. The molecule has 1 N–H and O–H groups in total. The Morgan fingerprint density at radius 1 is 1.08 bits per heavy atom. The van der Waals surface area contributed by atoms with Gasteiger partial charge in [0, 0.05) is 28.1 Å². The Hall–Kier alpha value is -2.10. The Bertz CT molecular complexity index is 950. The van der Waals surface area contributed by atoms with Gasteiger partial charge in [0.1, 0.15) is 5.41 Å². The molecule has 1 spiro atoms. The Morgan fingerprint density at radius 3 is 2.60 bits per heavy atom. The predicted octanol–water partition coefficient (Wildman–Crippen LogP) is 4.89. The highest BCUT2D eigenvalue weighted by molar-refractivity contribution is 6.31. The van der Waals surface area contributed by atoms with Gasteiger partial charge in [0.25, 0.3) is 0 Å². The quantitative estimate of drug-likeness (QED) is 0.775. The summed E-state index contributed by atoms with van der Waals surface area (Å²) in [7, 11) is 0. The van der Waals surface area contributed by atoms with Crippen LogP contribution < -0.4 is 5.32 Å². The second-order valence-corrected chi connectivity index (χ2v) is 7.45. The van der Waals surface area contributed by atoms with Crippen LogP contribution in [0.3, 0.4) is 0 Å². The summed E-state index contributed by atoms with van der Waals surface area (Å²) in [5.74, 6) is -0.405. The molecule has 0 radical (unpaired) electrons. The number of ketones is 1. The van der Waals surface area contributed by atoms with Gasteiger partial charge in [0.05, 0.1) is 0 Å². The highest BCUT2D eigenvalue weighted by Gasteiger charge is 2.54. The van der Waals surface area contributed by atoms with Crippen LogP contribution in [0.1, 0.15) is 30.4 Å². The Labute approximate surface area is 155 Å². The summed E-state index contributed by atoms with van der Waals surface area (Å²) < 4.78 is 0. The molecule has 1 amide bonds. The minimum atomic E-state index is -0.928. The van der Waals surface area contributed by atoms with Crippen molar-refractivity contribution < 1.29 is 9.59 Å². The summed E-state index contributed by atoms with van der Waals surface area (Å²) in [6.45, 7) is 1.76. The first-order valence-electron chi connectivity index (χ1n) is 8.01. The third-order valence-electron chi connectivity index (χ3n) is 5.13. The maximum Gasteiger partial charge on any atom is 0.239 e. The molecule has 25 heavy (non-hydrogen) atoms. The summed E-state index contributed by atoms with van der Waals surface area (Å²) in [6, 6.07) is 12.8. The monoisotopic (exact) mass is 371 g/mol. The van der Waals surface area contributed by atoms with Gasteiger partial charge in [-0.2, -0.15) is 0 Å². The first-order valence-corrected chi connectivity index (χ1v) is 8.77. The normalized spacial score (nSPS) is 24.9. The molecular formula is C20H15Cl2NO2. The maximum absolute atomic E-state index is 13.1. The molecule has 126 valence electrons. The van der Waals surface area contributed by atoms with Crippen molar-refractivity contribution in [3.05, 3.63) is 75.3 Å². The zero-order valence-corrected chi connectivity index (χ0v) is 15.0. The fraction of sp³-hybridized carbons (Fsp3) is 0.200. The minimum absolute atomic E-state index is 0.0471. The van der Waals surface area contributed by atoms with Crippen molar-refractivity contribution in [3.8, 4) is 0 Å². The standard InChI is InChI=1S/C20H15Cl2NO2/c1-11-10-20(15-6-5-14(22)8-17(15)23-19(20)25)16(9-18(11)24)12-3-2-4-13(21)7-12/h2-8,10,16H,9H2,1H3,(H,23,25)/t16-,20-/m0/s1. The van der Waals surface area contributed by atoms with Crippen LogP contribution in [0, 0.1) is 0 Å². The van der Waals surface area contributed by atoms with Crippen LogP contribution in [0.2, 0.25) is 10.0 Å². The summed E-state index contributed by atoms with van der Waals surface area (Å²) in [5.41, 5.74) is 2.10. The molecule has 3 nitrogen and oxygen atoms in total. The maximum atomic E-state index is 13.1. The number of anilines is 1. The Morgan fingerprint density at radius 2 is 1.84 bits per heavy atom. The number of halogens is 2. The van der Waals surface area contributed by atoms with E-state index in [1.54, 1.807) is 31.2 Å². The van der Waals surface area contributed by atoms with Crippen LogP contribution in [-0.4, -0.2) is 11.7 Å². The molecule has 0 saturated heterocycles. The van der Waals surface area contributed by atoms with Crippen LogP contribution in [0.15, 0.2) is 54.1 Å². The SMILES string of the molecule is CC1=C[C@@]2(C(=O)Nc3cc(Cl)ccc32)[C@H](c2cccc(Cl)c2)CC1=O. The van der Waals surface area contributed by atoms with E-state index in [1.807, 2.05) is 24.3 Å². The molecule has 2 aromatic carbocycles. The molecule has 1 aliphatic heterocycles. The van der Waals surface area contributed by atoms with Gasteiger partial charge in [-0.15, -0.1) is 0 Å². The van der Waals surface area contributed by atoms with E-state index >= 15 is 0 Å². The lowest BCUT2D eigenvalue weighted by Crippen LogP contribution is -2.43. The van der Waals surface area contributed by atoms with Gasteiger partial charge in [-0.3, -0.25) is 9.59 Å². The van der Waals surface area contributed by atoms with Gasteiger partial charge < -0.3 is 5.32 Å². The number of carbonyl (C=O) groups is 2. The average Bonchev–Trinajstić information content (AvgIpc) is 2.82. The van der Waals surface area contributed by atoms with Crippen molar-refractivity contribution in [2.24, 2.45) is 0 Å². The van der Waals surface area contributed by atoms with E-state index in [0.29, 0.717) is 21.3 Å². The highest BCUT2D eigenvalue weighted by Crippen LogP contribution is 2.53. The molecule has 1 heterocycles. The lowest BCUT2D eigenvalue weighted by molar-refractivity contribution is -0.122. The third kappa shape index (κ3) is 2.42. The van der Waals surface area contributed by atoms with Gasteiger partial charge in [-0.05, 0) is 47.9 Å². The number of hydrogen-bond donors (Lipinski definition) is 1. The van der Waals surface area contributed by atoms with E-state index in [0.717, 1.165) is 11.1 Å². The van der Waals surface area contributed by atoms with Crippen LogP contribution in [0.25, 0.3) is 0 Å². The summed E-state index contributed by atoms with van der Waals surface area (Å²) >= 11 is 12.2. The molecule has 0 aromatic heterocycles. The fourth-order valence-corrected chi connectivity index (χ4v) is 4.32. The molecule has 5 heteroatoms. The Kier molecular flexibility index (Phi) is 3.75. The predicted molar refractivity (Wildman–Crippen MR) is 99.3 cm³/mol. The van der Waals surface area contributed by atoms with E-state index in [-0.39, 0.29) is 24.0 Å². The molecule has 0 fully saturated rings. The average molecular weight is 372 g/mol. The number of benzene rings is 2. The number of fused-ring (bicyclic) bond motifs is 2. The largest absolute Gasteiger partial charge is 0.325 e. The lowest BCUT2D eigenvalue weighted by atomic mass is 9.62. The van der Waals surface area contributed by atoms with Crippen LogP contribution in [0.5, 0.6) is 0 Å². The Balaban J connectivity index is 1.99. The van der Waals surface area contributed by atoms with E-state index in [1.165, 1.54) is 0 Å². The van der Waals surface area contributed by atoms with Crippen LogP contribution in [0.4, 0.5) is 5.69 Å². The first kappa shape index (κ1) is 16.4. The number of allylic oxidation sites excluding steroid dienone is 1. The van der Waals surface area contributed by atoms with Crippen molar-refractivity contribution in [2.75, 3.05) is 5.32 Å². The molecule has 1 aliphatic carbocycles. The fourth-order valence-electron chi connectivity index (χ4n) is 3.95. The molecule has 2 aliphatic rings. The molecule has 2 atom stereocenters. The highest BCUT2D eigenvalue weighted by atomic mass is 35.5. The van der Waals surface area contributed by atoms with Crippen molar-refractivity contribution in [3.63, 3.8) is 0 Å².